The van der Waals surface area contributed by atoms with E-state index in [0.29, 0.717) is 48.2 Å². The van der Waals surface area contributed by atoms with Crippen molar-refractivity contribution in [2.75, 3.05) is 13.2 Å². The molecule has 0 aromatic heterocycles. The summed E-state index contributed by atoms with van der Waals surface area (Å²) in [7, 11) is 0. The Bertz CT molecular complexity index is 984. The van der Waals surface area contributed by atoms with Crippen LogP contribution in [0.4, 0.5) is 0 Å². The average Bonchev–Trinajstić information content (AvgIpc) is 3.47. The normalized spacial score (nSPS) is 43.7. The number of ether oxygens (including phenoxy) is 3. The third-order valence-corrected chi connectivity index (χ3v) is 11.3. The first kappa shape index (κ1) is 23.7. The Morgan fingerprint density at radius 2 is 1.69 bits per heavy atom. The van der Waals surface area contributed by atoms with E-state index in [1.54, 1.807) is 6.92 Å². The molecule has 0 bridgehead atoms. The number of Topliss-reactive ketones (excluding diaryl/α,β-unsaturated/α-hetero) is 1. The zero-order valence-corrected chi connectivity index (χ0v) is 21.5. The Balaban J connectivity index is 1.25. The van der Waals surface area contributed by atoms with Crippen LogP contribution in [0.2, 0.25) is 0 Å². The molecule has 5 fully saturated rings. The maximum atomic E-state index is 12.8. The SMILES string of the molecule is CC(=O)[C@H]1CCC2C3CC[C@@H]4C[C@@H](OC(=O)c5ccccc5)CC[C@]4(C)C3CC3(OCCO3)[C@@]21C. The smallest absolute Gasteiger partial charge is 0.338 e. The molecular formula is C30H40O5. The van der Waals surface area contributed by atoms with Crippen molar-refractivity contribution in [3.8, 4) is 0 Å². The largest absolute Gasteiger partial charge is 0.459 e. The van der Waals surface area contributed by atoms with Gasteiger partial charge in [-0.1, -0.05) is 32.0 Å². The fraction of sp³-hybridized carbons (Fsp3) is 0.733. The van der Waals surface area contributed by atoms with Crippen molar-refractivity contribution in [2.24, 2.45) is 40.4 Å². The molecule has 8 atom stereocenters. The number of fused-ring (bicyclic) bond motifs is 6. The molecular weight excluding hydrogens is 440 g/mol. The van der Waals surface area contributed by atoms with Crippen LogP contribution in [0.15, 0.2) is 30.3 Å². The molecule has 3 unspecified atom stereocenters. The van der Waals surface area contributed by atoms with Gasteiger partial charge in [0.15, 0.2) is 5.79 Å². The molecule has 6 rings (SSSR count). The summed E-state index contributed by atoms with van der Waals surface area (Å²) in [4.78, 5) is 25.5. The van der Waals surface area contributed by atoms with Gasteiger partial charge < -0.3 is 14.2 Å². The van der Waals surface area contributed by atoms with Crippen LogP contribution >= 0.6 is 0 Å². The van der Waals surface area contributed by atoms with Gasteiger partial charge in [0.05, 0.1) is 18.8 Å². The zero-order valence-electron chi connectivity index (χ0n) is 21.5. The second-order valence-corrected chi connectivity index (χ2v) is 12.5. The van der Waals surface area contributed by atoms with E-state index in [0.717, 1.165) is 38.5 Å². The highest BCUT2D eigenvalue weighted by Crippen LogP contribution is 2.71. The molecule has 0 N–H and O–H groups in total. The maximum absolute atomic E-state index is 12.8. The minimum absolute atomic E-state index is 0.00676. The van der Waals surface area contributed by atoms with E-state index in [1.807, 2.05) is 30.3 Å². The molecule has 4 saturated carbocycles. The van der Waals surface area contributed by atoms with E-state index in [4.69, 9.17) is 14.2 Å². The summed E-state index contributed by atoms with van der Waals surface area (Å²) >= 11 is 0. The van der Waals surface area contributed by atoms with Crippen LogP contribution in [-0.2, 0) is 19.0 Å². The Labute approximate surface area is 209 Å². The number of carbonyl (C=O) groups is 2. The lowest BCUT2D eigenvalue weighted by Gasteiger charge is -2.64. The number of ketones is 1. The monoisotopic (exact) mass is 480 g/mol. The quantitative estimate of drug-likeness (QED) is 0.511. The standard InChI is InChI=1S/C30H40O5/c1-19(31)24-11-12-25-23-10-9-21-17-22(35-27(32)20-7-5-4-6-8-20)13-14-28(21,2)26(23)18-30(29(24,25)3)33-15-16-34-30/h4-8,21-26H,9-18H2,1-3H3/t21-,22+,23?,24-,25?,26?,28+,29-/m1/s1. The molecule has 0 radical (unpaired) electrons. The first-order chi connectivity index (χ1) is 16.8. The number of carbonyl (C=O) groups excluding carboxylic acids is 2. The van der Waals surface area contributed by atoms with Gasteiger partial charge in [-0.05, 0) is 93.1 Å². The van der Waals surface area contributed by atoms with E-state index in [2.05, 4.69) is 13.8 Å². The number of hydrogen-bond acceptors (Lipinski definition) is 5. The zero-order chi connectivity index (χ0) is 24.4. The van der Waals surface area contributed by atoms with Crippen molar-refractivity contribution >= 4 is 11.8 Å². The molecule has 0 amide bonds. The molecule has 4 aliphatic carbocycles. The summed E-state index contributed by atoms with van der Waals surface area (Å²) in [6.45, 7) is 7.83. The van der Waals surface area contributed by atoms with Crippen molar-refractivity contribution in [3.05, 3.63) is 35.9 Å². The topological polar surface area (TPSA) is 61.8 Å². The molecule has 190 valence electrons. The van der Waals surface area contributed by atoms with Crippen LogP contribution in [-0.4, -0.2) is 36.9 Å². The summed E-state index contributed by atoms with van der Waals surface area (Å²) < 4.78 is 19.1. The van der Waals surface area contributed by atoms with Crippen molar-refractivity contribution in [3.63, 3.8) is 0 Å². The maximum Gasteiger partial charge on any atom is 0.338 e. The first-order valence-corrected chi connectivity index (χ1v) is 13.8. The average molecular weight is 481 g/mol. The lowest BCUT2D eigenvalue weighted by molar-refractivity contribution is -0.308. The molecule has 5 heteroatoms. The van der Waals surface area contributed by atoms with E-state index in [-0.39, 0.29) is 28.8 Å². The lowest BCUT2D eigenvalue weighted by Crippen LogP contribution is -2.65. The van der Waals surface area contributed by atoms with Crippen LogP contribution in [0.3, 0.4) is 0 Å². The van der Waals surface area contributed by atoms with E-state index in [1.165, 1.54) is 12.8 Å². The van der Waals surface area contributed by atoms with Gasteiger partial charge in [-0.3, -0.25) is 4.79 Å². The molecule has 1 spiro atoms. The molecule has 1 aromatic rings. The van der Waals surface area contributed by atoms with Gasteiger partial charge in [-0.25, -0.2) is 4.79 Å². The number of benzene rings is 1. The van der Waals surface area contributed by atoms with Gasteiger partial charge in [0.1, 0.15) is 11.9 Å². The highest BCUT2D eigenvalue weighted by atomic mass is 16.7. The molecule has 1 aromatic carbocycles. The fourth-order valence-electron chi connectivity index (χ4n) is 9.60. The highest BCUT2D eigenvalue weighted by Gasteiger charge is 2.71. The van der Waals surface area contributed by atoms with Gasteiger partial charge in [0, 0.05) is 17.8 Å². The van der Waals surface area contributed by atoms with Crippen molar-refractivity contribution in [2.45, 2.75) is 84.0 Å². The highest BCUT2D eigenvalue weighted by molar-refractivity contribution is 5.89. The molecule has 5 aliphatic rings. The van der Waals surface area contributed by atoms with Gasteiger partial charge in [-0.2, -0.15) is 0 Å². The predicted molar refractivity (Wildman–Crippen MR) is 132 cm³/mol. The van der Waals surface area contributed by atoms with Gasteiger partial charge in [-0.15, -0.1) is 0 Å². The second-order valence-electron chi connectivity index (χ2n) is 12.5. The predicted octanol–water partition coefficient (Wildman–Crippen LogP) is 5.81. The van der Waals surface area contributed by atoms with Crippen molar-refractivity contribution < 1.29 is 23.8 Å². The summed E-state index contributed by atoms with van der Waals surface area (Å²) in [5.41, 5.74) is 0.591. The van der Waals surface area contributed by atoms with E-state index >= 15 is 0 Å². The summed E-state index contributed by atoms with van der Waals surface area (Å²) in [6, 6.07) is 9.35. The lowest BCUT2D eigenvalue weighted by atomic mass is 9.43. The van der Waals surface area contributed by atoms with Crippen LogP contribution in [0.25, 0.3) is 0 Å². The third-order valence-electron chi connectivity index (χ3n) is 11.3. The Morgan fingerprint density at radius 3 is 2.40 bits per heavy atom. The fourth-order valence-corrected chi connectivity index (χ4v) is 9.60. The number of hydrogen-bond donors (Lipinski definition) is 0. The minimum atomic E-state index is -0.632. The Kier molecular flexibility index (Phi) is 5.69. The first-order valence-electron chi connectivity index (χ1n) is 13.8. The van der Waals surface area contributed by atoms with Gasteiger partial charge in [0.25, 0.3) is 0 Å². The number of esters is 1. The Morgan fingerprint density at radius 1 is 0.943 bits per heavy atom. The molecule has 35 heavy (non-hydrogen) atoms. The van der Waals surface area contributed by atoms with Crippen molar-refractivity contribution in [1.82, 2.24) is 0 Å². The summed E-state index contributed by atoms with van der Waals surface area (Å²) in [5.74, 6) is 1.65. The van der Waals surface area contributed by atoms with Crippen molar-refractivity contribution in [1.29, 1.82) is 0 Å². The Hall–Kier alpha value is -1.72. The third kappa shape index (κ3) is 3.40. The van der Waals surface area contributed by atoms with Crippen LogP contribution < -0.4 is 0 Å². The van der Waals surface area contributed by atoms with Crippen LogP contribution in [0.1, 0.15) is 82.5 Å². The van der Waals surface area contributed by atoms with E-state index in [9.17, 15) is 9.59 Å². The van der Waals surface area contributed by atoms with Gasteiger partial charge in [0.2, 0.25) is 0 Å². The van der Waals surface area contributed by atoms with Gasteiger partial charge >= 0.3 is 5.97 Å². The molecule has 1 saturated heterocycles. The van der Waals surface area contributed by atoms with Crippen LogP contribution in [0, 0.1) is 40.4 Å². The summed E-state index contributed by atoms with van der Waals surface area (Å²) in [5, 5.41) is 0. The molecule has 1 heterocycles. The second kappa shape index (κ2) is 8.41. The minimum Gasteiger partial charge on any atom is -0.459 e. The summed E-state index contributed by atoms with van der Waals surface area (Å²) in [6.07, 6.45) is 8.28. The van der Waals surface area contributed by atoms with E-state index < -0.39 is 5.79 Å². The van der Waals surface area contributed by atoms with Crippen LogP contribution in [0.5, 0.6) is 0 Å². The number of rotatable bonds is 3. The molecule has 1 aliphatic heterocycles. The molecule has 5 nitrogen and oxygen atoms in total.